The topological polar surface area (TPSA) is 20.3 Å². The second kappa shape index (κ2) is 24.6. The Morgan fingerprint density at radius 2 is 1.42 bits per heavy atom. The minimum atomic E-state index is 0.0840. The van der Waals surface area contributed by atoms with Crippen LogP contribution < -0.4 is 0 Å². The summed E-state index contributed by atoms with van der Waals surface area (Å²) in [7, 11) is 0. The molecule has 190 valence electrons. The molecule has 1 fully saturated rings. The second-order valence-electron chi connectivity index (χ2n) is 6.75. The lowest BCUT2D eigenvalue weighted by Gasteiger charge is -2.51. The van der Waals surface area contributed by atoms with Crippen LogP contribution in [0.3, 0.4) is 0 Å². The Kier molecular flexibility index (Phi) is 26.4. The maximum absolute atomic E-state index is 13.1. The number of β-lactam (4-membered cyclic amide) rings is 1. The van der Waals surface area contributed by atoms with Crippen molar-refractivity contribution in [2.24, 2.45) is 11.8 Å². The first kappa shape index (κ1) is 35.5. The molecule has 2 rings (SSSR count). The van der Waals surface area contributed by atoms with Gasteiger partial charge in [-0.3, -0.25) is 4.79 Å². The van der Waals surface area contributed by atoms with Gasteiger partial charge in [0, 0.05) is 5.70 Å². The molecule has 0 spiro atoms. The number of allylic oxidation sites excluding steroid dienone is 4. The summed E-state index contributed by atoms with van der Waals surface area (Å²) in [5.74, 6) is 0.798. The quantitative estimate of drug-likeness (QED) is 0.267. The monoisotopic (exact) mass is 457 g/mol. The lowest BCUT2D eigenvalue weighted by atomic mass is 9.71. The fourth-order valence-corrected chi connectivity index (χ4v) is 4.02. The Labute approximate surface area is 207 Å². The van der Waals surface area contributed by atoms with Gasteiger partial charge in [0.25, 0.3) is 0 Å². The number of nitrogens with zero attached hydrogens (tertiary/aromatic N) is 1. The molecular formula is C31H55NO. The predicted octanol–water partition coefficient (Wildman–Crippen LogP) is 10.2. The fourth-order valence-electron chi connectivity index (χ4n) is 4.02. The minimum absolute atomic E-state index is 0.0840. The highest BCUT2D eigenvalue weighted by Crippen LogP contribution is 2.48. The van der Waals surface area contributed by atoms with E-state index in [9.17, 15) is 4.79 Å². The van der Waals surface area contributed by atoms with E-state index < -0.39 is 0 Å². The first-order valence-corrected chi connectivity index (χ1v) is 13.5. The number of likely N-dealkylation sites (tertiary alicyclic amines) is 1. The van der Waals surface area contributed by atoms with Gasteiger partial charge in [0.15, 0.2) is 0 Å². The number of hydrogen-bond donors (Lipinski definition) is 0. The third-order valence-electron chi connectivity index (χ3n) is 5.01. The zero-order chi connectivity index (χ0) is 26.2. The Morgan fingerprint density at radius 3 is 1.82 bits per heavy atom. The second-order valence-corrected chi connectivity index (χ2v) is 6.75. The normalized spacial score (nSPS) is 16.7. The lowest BCUT2D eigenvalue weighted by molar-refractivity contribution is -0.157. The van der Waals surface area contributed by atoms with Gasteiger partial charge in [-0.25, -0.2) is 0 Å². The fraction of sp³-hybridized carbons (Fsp3) is 0.581. The number of carbonyl (C=O) groups excluding carboxylic acids is 1. The standard InChI is InChI=1S/C23H31NO.4C2H6/c1-5-12-18(13-6-2)21-22(19-16-10-9-11-17-19)24(23(21)25)20(14-7-3)15-8-4;4*1-2/h7-11,14-18,21-22H,3,5-6,12-13H2,1-2,4H3;4*1-2H3/b15-8-,20-14+;;;;. The van der Waals surface area contributed by atoms with Crippen LogP contribution in [0.25, 0.3) is 0 Å². The van der Waals surface area contributed by atoms with E-state index >= 15 is 0 Å². The van der Waals surface area contributed by atoms with Crippen LogP contribution in [-0.2, 0) is 4.79 Å². The van der Waals surface area contributed by atoms with Crippen LogP contribution in [0, 0.1) is 11.8 Å². The smallest absolute Gasteiger partial charge is 0.233 e. The number of amides is 1. The summed E-state index contributed by atoms with van der Waals surface area (Å²) in [4.78, 5) is 15.1. The molecule has 1 saturated heterocycles. The van der Waals surface area contributed by atoms with Gasteiger partial charge < -0.3 is 4.90 Å². The van der Waals surface area contributed by atoms with Crippen LogP contribution >= 0.6 is 0 Å². The average Bonchev–Trinajstić information content (AvgIpc) is 2.88. The van der Waals surface area contributed by atoms with E-state index in [2.05, 4.69) is 44.7 Å². The number of carbonyl (C=O) groups is 1. The molecule has 1 aliphatic rings. The highest BCUT2D eigenvalue weighted by atomic mass is 16.2. The van der Waals surface area contributed by atoms with Crippen molar-refractivity contribution in [3.63, 3.8) is 0 Å². The van der Waals surface area contributed by atoms with Crippen LogP contribution in [-0.4, -0.2) is 10.8 Å². The summed E-state index contributed by atoms with van der Waals surface area (Å²) in [6.07, 6.45) is 12.2. The average molecular weight is 458 g/mol. The summed E-state index contributed by atoms with van der Waals surface area (Å²) < 4.78 is 0. The molecule has 33 heavy (non-hydrogen) atoms. The van der Waals surface area contributed by atoms with E-state index in [1.54, 1.807) is 6.08 Å². The molecule has 0 N–H and O–H groups in total. The Hall–Kier alpha value is -2.09. The number of benzene rings is 1. The third-order valence-corrected chi connectivity index (χ3v) is 5.01. The van der Waals surface area contributed by atoms with Crippen LogP contribution in [0.2, 0.25) is 0 Å². The van der Waals surface area contributed by atoms with Gasteiger partial charge >= 0.3 is 0 Å². The van der Waals surface area contributed by atoms with E-state index in [1.165, 1.54) is 5.56 Å². The molecule has 1 amide bonds. The van der Waals surface area contributed by atoms with Crippen LogP contribution in [0.15, 0.2) is 66.9 Å². The molecule has 0 bridgehead atoms. The largest absolute Gasteiger partial charge is 0.304 e. The van der Waals surface area contributed by atoms with Crippen molar-refractivity contribution < 1.29 is 4.79 Å². The lowest BCUT2D eigenvalue weighted by Crippen LogP contribution is -2.56. The molecule has 2 unspecified atom stereocenters. The van der Waals surface area contributed by atoms with E-state index in [0.29, 0.717) is 5.92 Å². The maximum Gasteiger partial charge on any atom is 0.233 e. The Bertz CT molecular complexity index is 624. The molecule has 0 aromatic heterocycles. The maximum atomic E-state index is 13.1. The van der Waals surface area contributed by atoms with Crippen LogP contribution in [0.1, 0.15) is 113 Å². The van der Waals surface area contributed by atoms with E-state index in [-0.39, 0.29) is 17.9 Å². The van der Waals surface area contributed by atoms with Gasteiger partial charge in [-0.1, -0.05) is 131 Å². The van der Waals surface area contributed by atoms with Crippen molar-refractivity contribution in [2.45, 2.75) is 108 Å². The molecule has 1 aliphatic heterocycles. The molecule has 1 aromatic carbocycles. The SMILES string of the molecule is C=C/C=C(\C=C/C)N1C(=O)C(C(CCC)CCC)C1c1ccccc1.CC.CC.CC.CC. The van der Waals surface area contributed by atoms with E-state index in [0.717, 1.165) is 31.4 Å². The molecule has 1 heterocycles. The number of hydrogen-bond acceptors (Lipinski definition) is 1. The molecular weight excluding hydrogens is 402 g/mol. The molecule has 2 nitrogen and oxygen atoms in total. The summed E-state index contributed by atoms with van der Waals surface area (Å²) in [6, 6.07) is 10.6. The molecule has 1 aromatic rings. The molecule has 0 aliphatic carbocycles. The van der Waals surface area contributed by atoms with Crippen molar-refractivity contribution in [1.29, 1.82) is 0 Å². The van der Waals surface area contributed by atoms with Gasteiger partial charge in [-0.05, 0) is 43.4 Å². The highest BCUT2D eigenvalue weighted by Gasteiger charge is 2.51. The zero-order valence-corrected chi connectivity index (χ0v) is 23.8. The Balaban J connectivity index is -0.00000101. The first-order chi connectivity index (χ1) is 16.2. The minimum Gasteiger partial charge on any atom is -0.304 e. The summed E-state index contributed by atoms with van der Waals surface area (Å²) in [6.45, 7) is 26.2. The molecule has 2 heteroatoms. The Morgan fingerprint density at radius 1 is 0.939 bits per heavy atom. The molecule has 0 saturated carbocycles. The van der Waals surface area contributed by atoms with Crippen LogP contribution in [0.5, 0.6) is 0 Å². The third kappa shape index (κ3) is 11.1. The zero-order valence-electron chi connectivity index (χ0n) is 23.8. The number of rotatable bonds is 9. The van der Waals surface area contributed by atoms with E-state index in [4.69, 9.17) is 0 Å². The van der Waals surface area contributed by atoms with Crippen molar-refractivity contribution in [3.05, 3.63) is 72.5 Å². The van der Waals surface area contributed by atoms with Gasteiger partial charge in [0.2, 0.25) is 5.91 Å². The van der Waals surface area contributed by atoms with Crippen molar-refractivity contribution in [2.75, 3.05) is 0 Å². The summed E-state index contributed by atoms with van der Waals surface area (Å²) in [5, 5.41) is 0. The van der Waals surface area contributed by atoms with Crippen molar-refractivity contribution in [1.82, 2.24) is 4.90 Å². The first-order valence-electron chi connectivity index (χ1n) is 13.5. The van der Waals surface area contributed by atoms with Crippen LogP contribution in [0.4, 0.5) is 0 Å². The molecule has 2 atom stereocenters. The van der Waals surface area contributed by atoms with Gasteiger partial charge in [0.05, 0.1) is 12.0 Å². The highest BCUT2D eigenvalue weighted by molar-refractivity contribution is 5.89. The predicted molar refractivity (Wildman–Crippen MR) is 151 cm³/mol. The van der Waals surface area contributed by atoms with Crippen molar-refractivity contribution in [3.8, 4) is 0 Å². The van der Waals surface area contributed by atoms with Gasteiger partial charge in [-0.15, -0.1) is 0 Å². The van der Waals surface area contributed by atoms with Crippen molar-refractivity contribution >= 4 is 5.91 Å². The van der Waals surface area contributed by atoms with Gasteiger partial charge in [-0.2, -0.15) is 0 Å². The summed E-state index contributed by atoms with van der Waals surface area (Å²) >= 11 is 0. The van der Waals surface area contributed by atoms with Gasteiger partial charge in [0.1, 0.15) is 0 Å². The molecule has 0 radical (unpaired) electrons. The van der Waals surface area contributed by atoms with E-state index in [1.807, 2.05) is 91.5 Å². The summed E-state index contributed by atoms with van der Waals surface area (Å²) in [5.41, 5.74) is 2.16.